The van der Waals surface area contributed by atoms with Crippen molar-refractivity contribution in [3.8, 4) is 0 Å². The molecular weight excluding hydrogens is 593 g/mol. The molecule has 0 amide bonds. The zero-order valence-electron chi connectivity index (χ0n) is 30.0. The van der Waals surface area contributed by atoms with Crippen molar-refractivity contribution < 1.29 is 27.5 Å². The number of ether oxygens (including phenoxy) is 1. The van der Waals surface area contributed by atoms with E-state index in [1.807, 2.05) is 0 Å². The van der Waals surface area contributed by atoms with E-state index >= 15 is 0 Å². The second kappa shape index (κ2) is 19.3. The van der Waals surface area contributed by atoms with Gasteiger partial charge in [-0.15, -0.1) is 0 Å². The Hall–Kier alpha value is 0.628. The summed E-state index contributed by atoms with van der Waals surface area (Å²) < 4.78 is 36.4. The molecule has 5 atom stereocenters. The molecule has 1 aliphatic heterocycles. The molecule has 0 aromatic carbocycles. The molecule has 6 nitrogen and oxygen atoms in total. The molecule has 1 aliphatic rings. The van der Waals surface area contributed by atoms with E-state index in [1.165, 1.54) is 0 Å². The fourth-order valence-electron chi connectivity index (χ4n) is 7.08. The van der Waals surface area contributed by atoms with Gasteiger partial charge in [0.25, 0.3) is 0 Å². The van der Waals surface area contributed by atoms with Gasteiger partial charge >= 0.3 is 0 Å². The summed E-state index contributed by atoms with van der Waals surface area (Å²) in [6.07, 6.45) is -0.567. The standard InChI is InChI=1S/C32H72O6Si4/c1-13-39(14-2,15-3)34-27-29-31(37-41(19-7,20-8)21-9)32(38-42(22-10,23-11)24-12)30(28(35-29)25-26-33)36-40(16-4,17-5)18-6/h28-33H,13-27H2,1-12H3/t28?,29?,30?,31-,32-/m1/s1. The second-order valence-electron chi connectivity index (χ2n) is 12.8. The maximum absolute atomic E-state index is 10.3. The number of aliphatic hydroxyl groups excluding tert-OH is 1. The molecule has 42 heavy (non-hydrogen) atoms. The fourth-order valence-corrected chi connectivity index (χ4v) is 18.3. The third-order valence-electron chi connectivity index (χ3n) is 11.6. The summed E-state index contributed by atoms with van der Waals surface area (Å²) >= 11 is 0. The van der Waals surface area contributed by atoms with Crippen molar-refractivity contribution in [2.75, 3.05) is 13.2 Å². The molecule has 1 rings (SSSR count). The Bertz CT molecular complexity index is 680. The third kappa shape index (κ3) is 9.81. The lowest BCUT2D eigenvalue weighted by atomic mass is 9.94. The molecular formula is C32H72O6Si4. The highest BCUT2D eigenvalue weighted by Gasteiger charge is 2.54. The Kier molecular flexibility index (Phi) is 18.7. The highest BCUT2D eigenvalue weighted by molar-refractivity contribution is 6.75. The molecule has 0 radical (unpaired) electrons. The average Bonchev–Trinajstić information content (AvgIpc) is 3.04. The van der Waals surface area contributed by atoms with Gasteiger partial charge in [0.05, 0.1) is 18.8 Å². The summed E-state index contributed by atoms with van der Waals surface area (Å²) in [4.78, 5) is 0. The lowest BCUT2D eigenvalue weighted by molar-refractivity contribution is -0.218. The molecule has 1 N–H and O–H groups in total. The first kappa shape index (κ1) is 40.7. The van der Waals surface area contributed by atoms with E-state index in [4.69, 9.17) is 22.4 Å². The van der Waals surface area contributed by atoms with Gasteiger partial charge < -0.3 is 27.5 Å². The smallest absolute Gasteiger partial charge is 0.192 e. The highest BCUT2D eigenvalue weighted by atomic mass is 28.4. The van der Waals surface area contributed by atoms with Crippen molar-refractivity contribution in [3.63, 3.8) is 0 Å². The summed E-state index contributed by atoms with van der Waals surface area (Å²) in [5, 5.41) is 10.3. The lowest BCUT2D eigenvalue weighted by Crippen LogP contribution is -2.67. The van der Waals surface area contributed by atoms with Gasteiger partial charge in [-0.1, -0.05) is 83.1 Å². The summed E-state index contributed by atoms with van der Waals surface area (Å²) in [5.41, 5.74) is 0. The van der Waals surface area contributed by atoms with Crippen LogP contribution in [-0.2, 0) is 22.4 Å². The monoisotopic (exact) mass is 664 g/mol. The van der Waals surface area contributed by atoms with Crippen molar-refractivity contribution in [2.45, 2.75) is 193 Å². The number of rotatable bonds is 23. The molecule has 0 aliphatic carbocycles. The van der Waals surface area contributed by atoms with Crippen LogP contribution in [0.1, 0.15) is 89.5 Å². The normalized spacial score (nSPS) is 24.4. The second-order valence-corrected chi connectivity index (χ2v) is 31.7. The zero-order chi connectivity index (χ0) is 32.0. The predicted molar refractivity (Wildman–Crippen MR) is 190 cm³/mol. The first-order chi connectivity index (χ1) is 20.0. The molecule has 0 saturated carbocycles. The quantitative estimate of drug-likeness (QED) is 0.110. The van der Waals surface area contributed by atoms with Gasteiger partial charge in [-0.2, -0.15) is 0 Å². The van der Waals surface area contributed by atoms with Gasteiger partial charge in [0.2, 0.25) is 0 Å². The van der Waals surface area contributed by atoms with E-state index in [-0.39, 0.29) is 37.1 Å². The molecule has 252 valence electrons. The molecule has 10 heteroatoms. The van der Waals surface area contributed by atoms with Crippen molar-refractivity contribution in [3.05, 3.63) is 0 Å². The van der Waals surface area contributed by atoms with Gasteiger partial charge in [0.1, 0.15) is 18.3 Å². The Labute approximate surface area is 265 Å². The Balaban J connectivity index is 3.87. The first-order valence-electron chi connectivity index (χ1n) is 18.0. The van der Waals surface area contributed by atoms with E-state index in [2.05, 4.69) is 83.1 Å². The highest BCUT2D eigenvalue weighted by Crippen LogP contribution is 2.40. The van der Waals surface area contributed by atoms with Crippen LogP contribution in [0.3, 0.4) is 0 Å². The van der Waals surface area contributed by atoms with E-state index in [1.54, 1.807) is 0 Å². The van der Waals surface area contributed by atoms with Crippen LogP contribution in [0.15, 0.2) is 0 Å². The molecule has 0 aromatic heterocycles. The van der Waals surface area contributed by atoms with Crippen LogP contribution in [0.2, 0.25) is 72.5 Å². The van der Waals surface area contributed by atoms with Gasteiger partial charge in [-0.05, 0) is 78.9 Å². The molecule has 1 fully saturated rings. The predicted octanol–water partition coefficient (Wildman–Crippen LogP) is 9.33. The van der Waals surface area contributed by atoms with Crippen molar-refractivity contribution in [1.82, 2.24) is 0 Å². The summed E-state index contributed by atoms with van der Waals surface area (Å²) in [7, 11) is -7.94. The minimum atomic E-state index is -2.04. The van der Waals surface area contributed by atoms with E-state index in [0.717, 1.165) is 72.5 Å². The Morgan fingerprint density at radius 2 is 0.762 bits per heavy atom. The number of hydrogen-bond acceptors (Lipinski definition) is 6. The largest absolute Gasteiger partial charge is 0.414 e. The van der Waals surface area contributed by atoms with E-state index in [9.17, 15) is 5.11 Å². The molecule has 1 saturated heterocycles. The average molecular weight is 665 g/mol. The molecule has 3 unspecified atom stereocenters. The van der Waals surface area contributed by atoms with E-state index < -0.39 is 33.3 Å². The Morgan fingerprint density at radius 3 is 1.07 bits per heavy atom. The topological polar surface area (TPSA) is 66.4 Å². The summed E-state index contributed by atoms with van der Waals surface area (Å²) in [6, 6.07) is 13.0. The SMILES string of the molecule is CC[Si](CC)(CC)OCC1OC(CCO)C(O[Si](CC)(CC)CC)[C@@H](O[Si](CC)(CC)CC)[C@@H]1O[Si](CC)(CC)CC. The van der Waals surface area contributed by atoms with Gasteiger partial charge in [0.15, 0.2) is 33.3 Å². The zero-order valence-corrected chi connectivity index (χ0v) is 34.0. The lowest BCUT2D eigenvalue weighted by Gasteiger charge is -2.53. The van der Waals surface area contributed by atoms with Crippen LogP contribution < -0.4 is 0 Å². The molecule has 0 bridgehead atoms. The summed E-state index contributed by atoms with van der Waals surface area (Å²) in [6.45, 7) is 28.2. The minimum Gasteiger partial charge on any atom is -0.414 e. The van der Waals surface area contributed by atoms with E-state index in [0.29, 0.717) is 13.0 Å². The van der Waals surface area contributed by atoms with Crippen LogP contribution in [0.4, 0.5) is 0 Å². The van der Waals surface area contributed by atoms with Crippen LogP contribution in [0.25, 0.3) is 0 Å². The maximum Gasteiger partial charge on any atom is 0.192 e. The number of hydrogen-bond donors (Lipinski definition) is 1. The van der Waals surface area contributed by atoms with Crippen LogP contribution >= 0.6 is 0 Å². The van der Waals surface area contributed by atoms with Gasteiger partial charge in [-0.25, -0.2) is 0 Å². The Morgan fingerprint density at radius 1 is 0.452 bits per heavy atom. The van der Waals surface area contributed by atoms with Crippen molar-refractivity contribution in [2.24, 2.45) is 0 Å². The maximum atomic E-state index is 10.3. The minimum absolute atomic E-state index is 0.0717. The molecule has 0 aromatic rings. The summed E-state index contributed by atoms with van der Waals surface area (Å²) in [5.74, 6) is 0. The molecule has 1 heterocycles. The van der Waals surface area contributed by atoms with Crippen LogP contribution in [-0.4, -0.2) is 82.1 Å². The van der Waals surface area contributed by atoms with Gasteiger partial charge in [-0.3, -0.25) is 0 Å². The number of aliphatic hydroxyl groups is 1. The first-order valence-corrected chi connectivity index (χ1v) is 28.1. The van der Waals surface area contributed by atoms with Crippen LogP contribution in [0, 0.1) is 0 Å². The fraction of sp³-hybridized carbons (Fsp3) is 1.00. The van der Waals surface area contributed by atoms with Crippen molar-refractivity contribution >= 4 is 33.3 Å². The third-order valence-corrected chi connectivity index (χ3v) is 30.1. The van der Waals surface area contributed by atoms with Crippen LogP contribution in [0.5, 0.6) is 0 Å². The van der Waals surface area contributed by atoms with Crippen molar-refractivity contribution in [1.29, 1.82) is 0 Å². The molecule has 0 spiro atoms. The van der Waals surface area contributed by atoms with Gasteiger partial charge in [0, 0.05) is 6.61 Å².